The van der Waals surface area contributed by atoms with Gasteiger partial charge in [-0.1, -0.05) is 25.7 Å². The van der Waals surface area contributed by atoms with E-state index in [-0.39, 0.29) is 17.9 Å². The predicted octanol–water partition coefficient (Wildman–Crippen LogP) is 2.06. The van der Waals surface area contributed by atoms with E-state index in [1.807, 2.05) is 0 Å². The topological polar surface area (TPSA) is 55.1 Å². The highest BCUT2D eigenvalue weighted by Gasteiger charge is 2.48. The zero-order valence-electron chi connectivity index (χ0n) is 11.2. The Kier molecular flexibility index (Phi) is 3.60. The minimum Gasteiger partial charge on any atom is -0.356 e. The Morgan fingerprint density at radius 3 is 2.50 bits per heavy atom. The summed E-state index contributed by atoms with van der Waals surface area (Å²) in [6.45, 7) is 0.865. The number of carbonyl (C=O) groups excluding carboxylic acids is 1. The van der Waals surface area contributed by atoms with Gasteiger partial charge in [0.1, 0.15) is 0 Å². The number of carbonyl (C=O) groups is 1. The lowest BCUT2D eigenvalue weighted by Gasteiger charge is -2.27. The highest BCUT2D eigenvalue weighted by atomic mass is 16.1. The molecule has 0 aliphatic heterocycles. The smallest absolute Gasteiger partial charge is 0.224 e. The molecule has 18 heavy (non-hydrogen) atoms. The molecule has 0 aromatic heterocycles. The van der Waals surface area contributed by atoms with E-state index in [1.165, 1.54) is 51.4 Å². The molecule has 102 valence electrons. The molecule has 3 aliphatic rings. The normalized spacial score (nSPS) is 39.4. The summed E-state index contributed by atoms with van der Waals surface area (Å²) >= 11 is 0. The maximum absolute atomic E-state index is 12.2. The van der Waals surface area contributed by atoms with Crippen LogP contribution >= 0.6 is 0 Å². The Morgan fingerprint density at radius 1 is 1.11 bits per heavy atom. The van der Waals surface area contributed by atoms with Gasteiger partial charge < -0.3 is 11.1 Å². The molecule has 4 atom stereocenters. The first-order chi connectivity index (χ1) is 8.75. The number of hydrogen-bond donors (Lipinski definition) is 2. The Balaban J connectivity index is 1.44. The third kappa shape index (κ3) is 2.29. The molecule has 3 saturated carbocycles. The second-order valence-corrected chi connectivity index (χ2v) is 6.67. The SMILES string of the molecule is NC1C2CCC(C2)C1C(=O)NCCC1CCCC1. The van der Waals surface area contributed by atoms with Crippen LogP contribution in [-0.4, -0.2) is 18.5 Å². The minimum atomic E-state index is 0.118. The van der Waals surface area contributed by atoms with E-state index in [2.05, 4.69) is 5.32 Å². The number of hydrogen-bond acceptors (Lipinski definition) is 2. The van der Waals surface area contributed by atoms with Crippen LogP contribution in [0, 0.1) is 23.7 Å². The van der Waals surface area contributed by atoms with E-state index in [0.29, 0.717) is 11.8 Å². The zero-order valence-corrected chi connectivity index (χ0v) is 11.2. The largest absolute Gasteiger partial charge is 0.356 e. The predicted molar refractivity (Wildman–Crippen MR) is 71.9 cm³/mol. The van der Waals surface area contributed by atoms with Crippen LogP contribution in [0.3, 0.4) is 0 Å². The van der Waals surface area contributed by atoms with Crippen molar-refractivity contribution >= 4 is 5.91 Å². The maximum atomic E-state index is 12.2. The average molecular weight is 250 g/mol. The molecule has 4 unspecified atom stereocenters. The molecule has 3 rings (SSSR count). The second-order valence-electron chi connectivity index (χ2n) is 6.67. The van der Waals surface area contributed by atoms with Crippen LogP contribution in [0.2, 0.25) is 0 Å². The molecule has 3 heteroatoms. The number of nitrogens with two attached hydrogens (primary N) is 1. The molecule has 3 fully saturated rings. The molecule has 0 spiro atoms. The summed E-state index contributed by atoms with van der Waals surface area (Å²) in [5.74, 6) is 2.43. The number of fused-ring (bicyclic) bond motifs is 2. The third-order valence-corrected chi connectivity index (χ3v) is 5.61. The Labute approximate surface area is 110 Å². The van der Waals surface area contributed by atoms with Gasteiger partial charge in [0.05, 0.1) is 5.92 Å². The lowest BCUT2D eigenvalue weighted by molar-refractivity contribution is -0.127. The van der Waals surface area contributed by atoms with Crippen molar-refractivity contribution in [2.45, 2.75) is 57.4 Å². The first-order valence-corrected chi connectivity index (χ1v) is 7.79. The van der Waals surface area contributed by atoms with Crippen LogP contribution in [0.4, 0.5) is 0 Å². The van der Waals surface area contributed by atoms with Crippen molar-refractivity contribution in [2.75, 3.05) is 6.54 Å². The molecular formula is C15H26N2O. The third-order valence-electron chi connectivity index (χ3n) is 5.61. The fourth-order valence-corrected chi connectivity index (χ4v) is 4.54. The Morgan fingerprint density at radius 2 is 1.83 bits per heavy atom. The van der Waals surface area contributed by atoms with Gasteiger partial charge in [0, 0.05) is 12.6 Å². The standard InChI is InChI=1S/C15H26N2O/c16-14-12-6-5-11(9-12)13(14)15(18)17-8-7-10-3-1-2-4-10/h10-14H,1-9,16H2,(H,17,18). The quantitative estimate of drug-likeness (QED) is 0.802. The molecule has 1 amide bonds. The van der Waals surface area contributed by atoms with Gasteiger partial charge in [-0.25, -0.2) is 0 Å². The molecule has 0 saturated heterocycles. The fraction of sp³-hybridized carbons (Fsp3) is 0.933. The van der Waals surface area contributed by atoms with Crippen molar-refractivity contribution in [3.63, 3.8) is 0 Å². The van der Waals surface area contributed by atoms with E-state index < -0.39 is 0 Å². The van der Waals surface area contributed by atoms with Crippen molar-refractivity contribution in [3.05, 3.63) is 0 Å². The Hall–Kier alpha value is -0.570. The van der Waals surface area contributed by atoms with Crippen LogP contribution in [0.25, 0.3) is 0 Å². The molecule has 0 aromatic rings. The van der Waals surface area contributed by atoms with Gasteiger partial charge in [-0.05, 0) is 43.4 Å². The van der Waals surface area contributed by atoms with Crippen LogP contribution in [0.15, 0.2) is 0 Å². The summed E-state index contributed by atoms with van der Waals surface area (Å²) in [6, 6.07) is 0.134. The summed E-state index contributed by atoms with van der Waals surface area (Å²) in [4.78, 5) is 12.2. The summed E-state index contributed by atoms with van der Waals surface area (Å²) in [6.07, 6.45) is 10.3. The van der Waals surface area contributed by atoms with Crippen LogP contribution in [-0.2, 0) is 4.79 Å². The van der Waals surface area contributed by atoms with E-state index >= 15 is 0 Å². The monoisotopic (exact) mass is 250 g/mol. The molecule has 3 N–H and O–H groups in total. The van der Waals surface area contributed by atoms with Gasteiger partial charge in [0.15, 0.2) is 0 Å². The average Bonchev–Trinajstić information content (AvgIpc) is 3.03. The summed E-state index contributed by atoms with van der Waals surface area (Å²) < 4.78 is 0. The van der Waals surface area contributed by atoms with Crippen LogP contribution in [0.1, 0.15) is 51.4 Å². The van der Waals surface area contributed by atoms with E-state index in [1.54, 1.807) is 0 Å². The van der Waals surface area contributed by atoms with E-state index in [4.69, 9.17) is 5.73 Å². The molecule has 0 radical (unpaired) electrons. The zero-order chi connectivity index (χ0) is 12.5. The lowest BCUT2D eigenvalue weighted by Crippen LogP contribution is -2.45. The van der Waals surface area contributed by atoms with Crippen molar-refractivity contribution in [1.29, 1.82) is 0 Å². The van der Waals surface area contributed by atoms with Crippen molar-refractivity contribution in [3.8, 4) is 0 Å². The molecule has 0 heterocycles. The number of nitrogens with one attached hydrogen (secondary N) is 1. The van der Waals surface area contributed by atoms with Gasteiger partial charge in [0.25, 0.3) is 0 Å². The second kappa shape index (κ2) is 5.20. The number of amides is 1. The first kappa shape index (κ1) is 12.5. The molecule has 0 aromatic carbocycles. The Bertz CT molecular complexity index is 310. The highest BCUT2D eigenvalue weighted by molar-refractivity contribution is 5.80. The molecule has 2 bridgehead atoms. The van der Waals surface area contributed by atoms with Crippen LogP contribution < -0.4 is 11.1 Å². The van der Waals surface area contributed by atoms with Gasteiger partial charge >= 0.3 is 0 Å². The van der Waals surface area contributed by atoms with E-state index in [0.717, 1.165) is 12.5 Å². The van der Waals surface area contributed by atoms with E-state index in [9.17, 15) is 4.79 Å². The molecule has 3 aliphatic carbocycles. The molecular weight excluding hydrogens is 224 g/mol. The first-order valence-electron chi connectivity index (χ1n) is 7.79. The summed E-state index contributed by atoms with van der Waals surface area (Å²) in [7, 11) is 0. The fourth-order valence-electron chi connectivity index (χ4n) is 4.54. The van der Waals surface area contributed by atoms with Gasteiger partial charge in [-0.2, -0.15) is 0 Å². The van der Waals surface area contributed by atoms with Crippen LogP contribution in [0.5, 0.6) is 0 Å². The van der Waals surface area contributed by atoms with Gasteiger partial charge in [-0.3, -0.25) is 4.79 Å². The lowest BCUT2D eigenvalue weighted by atomic mass is 9.84. The molecule has 3 nitrogen and oxygen atoms in total. The van der Waals surface area contributed by atoms with Gasteiger partial charge in [-0.15, -0.1) is 0 Å². The highest BCUT2D eigenvalue weighted by Crippen LogP contribution is 2.47. The number of rotatable bonds is 4. The summed E-state index contributed by atoms with van der Waals surface area (Å²) in [5, 5.41) is 3.15. The van der Waals surface area contributed by atoms with Crippen molar-refractivity contribution < 1.29 is 4.79 Å². The minimum absolute atomic E-state index is 0.118. The van der Waals surface area contributed by atoms with Crippen molar-refractivity contribution in [1.82, 2.24) is 5.32 Å². The summed E-state index contributed by atoms with van der Waals surface area (Å²) in [5.41, 5.74) is 6.20. The maximum Gasteiger partial charge on any atom is 0.224 e. The van der Waals surface area contributed by atoms with Crippen molar-refractivity contribution in [2.24, 2.45) is 29.4 Å². The van der Waals surface area contributed by atoms with Gasteiger partial charge in [0.2, 0.25) is 5.91 Å².